The molecule has 0 radical (unpaired) electrons. The van der Waals surface area contributed by atoms with Crippen LogP contribution >= 0.6 is 12.4 Å². The lowest BCUT2D eigenvalue weighted by Gasteiger charge is -2.02. The van der Waals surface area contributed by atoms with Crippen molar-refractivity contribution in [1.82, 2.24) is 25.0 Å². The average molecular weight is 429 g/mol. The van der Waals surface area contributed by atoms with Crippen molar-refractivity contribution in [3.63, 3.8) is 0 Å². The molecule has 0 aliphatic heterocycles. The largest absolute Gasteiger partial charge is 0.369 e. The van der Waals surface area contributed by atoms with E-state index in [4.69, 9.17) is 5.73 Å². The molecule has 3 aromatic rings. The van der Waals surface area contributed by atoms with Crippen molar-refractivity contribution < 1.29 is 4.79 Å². The Labute approximate surface area is 183 Å². The Balaban J connectivity index is 0.00000320. The molecule has 2 aromatic heterocycles. The summed E-state index contributed by atoms with van der Waals surface area (Å²) in [6, 6.07) is 7.64. The minimum absolute atomic E-state index is 0. The molecule has 3 N–H and O–H groups in total. The Hall–Kier alpha value is -2.93. The van der Waals surface area contributed by atoms with Crippen LogP contribution in [0.5, 0.6) is 0 Å². The molecule has 0 bridgehead atoms. The van der Waals surface area contributed by atoms with Crippen LogP contribution in [0, 0.1) is 0 Å². The first-order chi connectivity index (χ1) is 14.0. The SMILES string of the molecule is CC(=O)c1ccc(/C=C(\C)Cn2cc(CCCCCc3cnc(N)[nH]3)nn2)cc1.Cl. The van der Waals surface area contributed by atoms with E-state index in [0.717, 1.165) is 54.6 Å². The van der Waals surface area contributed by atoms with E-state index in [0.29, 0.717) is 12.5 Å². The number of hydrogen-bond donors (Lipinski definition) is 2. The summed E-state index contributed by atoms with van der Waals surface area (Å²) in [6.07, 6.45) is 11.1. The fraction of sp³-hybridized carbons (Fsp3) is 0.364. The number of imidazole rings is 1. The highest BCUT2D eigenvalue weighted by Crippen LogP contribution is 2.12. The summed E-state index contributed by atoms with van der Waals surface area (Å²) in [5, 5.41) is 8.52. The van der Waals surface area contributed by atoms with Gasteiger partial charge in [0.25, 0.3) is 0 Å². The van der Waals surface area contributed by atoms with Gasteiger partial charge in [0.05, 0.1) is 18.4 Å². The van der Waals surface area contributed by atoms with Gasteiger partial charge in [0.1, 0.15) is 0 Å². The minimum atomic E-state index is 0. The van der Waals surface area contributed by atoms with Crippen LogP contribution < -0.4 is 5.73 Å². The molecule has 0 aliphatic rings. The number of anilines is 1. The van der Waals surface area contributed by atoms with Crippen LogP contribution in [0.2, 0.25) is 0 Å². The Morgan fingerprint density at radius 3 is 2.53 bits per heavy atom. The quantitative estimate of drug-likeness (QED) is 0.371. The standard InChI is InChI=1S/C22H28N6O.ClH/c1-16(12-18-8-10-19(11-9-18)17(2)29)14-28-15-21(26-27-28)7-5-3-4-6-20-13-24-22(23)25-20;/h8-13,15H,3-7,14H2,1-2H3,(H3,23,24,25);1H/b16-12+;. The summed E-state index contributed by atoms with van der Waals surface area (Å²) in [7, 11) is 0. The van der Waals surface area contributed by atoms with Gasteiger partial charge in [0, 0.05) is 17.5 Å². The predicted octanol–water partition coefficient (Wildman–Crippen LogP) is 4.27. The summed E-state index contributed by atoms with van der Waals surface area (Å²) in [6.45, 7) is 4.35. The number of nitrogens with one attached hydrogen (secondary N) is 1. The van der Waals surface area contributed by atoms with Crippen molar-refractivity contribution in [3.8, 4) is 0 Å². The van der Waals surface area contributed by atoms with Crippen LogP contribution in [0.25, 0.3) is 6.08 Å². The van der Waals surface area contributed by atoms with E-state index < -0.39 is 0 Å². The van der Waals surface area contributed by atoms with Gasteiger partial charge in [-0.25, -0.2) is 9.67 Å². The van der Waals surface area contributed by atoms with Gasteiger partial charge in [-0.3, -0.25) is 4.79 Å². The Kier molecular flexibility index (Phi) is 8.80. The van der Waals surface area contributed by atoms with Crippen molar-refractivity contribution in [2.24, 2.45) is 0 Å². The van der Waals surface area contributed by atoms with E-state index in [1.165, 1.54) is 5.57 Å². The van der Waals surface area contributed by atoms with E-state index in [1.807, 2.05) is 35.1 Å². The number of aromatic amines is 1. The number of ketones is 1. The normalized spacial score (nSPS) is 11.3. The van der Waals surface area contributed by atoms with Crippen LogP contribution in [-0.4, -0.2) is 30.7 Å². The van der Waals surface area contributed by atoms with Crippen LogP contribution in [0.3, 0.4) is 0 Å². The maximum Gasteiger partial charge on any atom is 0.197 e. The maximum atomic E-state index is 11.4. The number of nitrogen functional groups attached to an aromatic ring is 1. The third kappa shape index (κ3) is 7.15. The van der Waals surface area contributed by atoms with E-state index in [-0.39, 0.29) is 18.2 Å². The summed E-state index contributed by atoms with van der Waals surface area (Å²) < 4.78 is 1.87. The number of carbonyl (C=O) groups is 1. The van der Waals surface area contributed by atoms with Gasteiger partial charge >= 0.3 is 0 Å². The van der Waals surface area contributed by atoms with Gasteiger partial charge in [0.2, 0.25) is 0 Å². The molecule has 0 saturated carbocycles. The number of aryl methyl sites for hydroxylation is 2. The second-order valence-corrected chi connectivity index (χ2v) is 7.43. The molecule has 3 rings (SSSR count). The molecule has 160 valence electrons. The number of aromatic nitrogens is 5. The number of rotatable bonds is 10. The Morgan fingerprint density at radius 2 is 1.87 bits per heavy atom. The van der Waals surface area contributed by atoms with Gasteiger partial charge in [-0.1, -0.05) is 47.5 Å². The number of nitrogens with two attached hydrogens (primary N) is 1. The van der Waals surface area contributed by atoms with E-state index in [1.54, 1.807) is 13.1 Å². The third-order valence-electron chi connectivity index (χ3n) is 4.75. The highest BCUT2D eigenvalue weighted by Gasteiger charge is 2.03. The lowest BCUT2D eigenvalue weighted by atomic mass is 10.1. The zero-order valence-electron chi connectivity index (χ0n) is 17.5. The highest BCUT2D eigenvalue weighted by molar-refractivity contribution is 5.94. The van der Waals surface area contributed by atoms with Crippen molar-refractivity contribution in [2.45, 2.75) is 52.5 Å². The first-order valence-electron chi connectivity index (χ1n) is 9.96. The van der Waals surface area contributed by atoms with Gasteiger partial charge in [-0.05, 0) is 45.1 Å². The monoisotopic (exact) mass is 428 g/mol. The maximum absolute atomic E-state index is 11.4. The van der Waals surface area contributed by atoms with Crippen LogP contribution in [0.4, 0.5) is 5.95 Å². The number of carbonyl (C=O) groups excluding carboxylic acids is 1. The molecule has 30 heavy (non-hydrogen) atoms. The van der Waals surface area contributed by atoms with E-state index >= 15 is 0 Å². The fourth-order valence-electron chi connectivity index (χ4n) is 3.23. The molecule has 0 fully saturated rings. The summed E-state index contributed by atoms with van der Waals surface area (Å²) in [5.74, 6) is 0.562. The second kappa shape index (κ2) is 11.3. The van der Waals surface area contributed by atoms with Crippen molar-refractivity contribution >= 4 is 30.2 Å². The minimum Gasteiger partial charge on any atom is -0.369 e. The van der Waals surface area contributed by atoms with Crippen LogP contribution in [0.15, 0.2) is 42.2 Å². The molecular weight excluding hydrogens is 400 g/mol. The zero-order chi connectivity index (χ0) is 20.6. The topological polar surface area (TPSA) is 102 Å². The fourth-order valence-corrected chi connectivity index (χ4v) is 3.23. The first kappa shape index (κ1) is 23.3. The first-order valence-corrected chi connectivity index (χ1v) is 9.96. The number of allylic oxidation sites excluding steroid dienone is 1. The van der Waals surface area contributed by atoms with Gasteiger partial charge < -0.3 is 10.7 Å². The van der Waals surface area contributed by atoms with Crippen LogP contribution in [0.1, 0.15) is 60.4 Å². The molecule has 0 spiro atoms. The van der Waals surface area contributed by atoms with Crippen LogP contribution in [-0.2, 0) is 19.4 Å². The van der Waals surface area contributed by atoms with Crippen molar-refractivity contribution in [3.05, 3.63) is 64.7 Å². The Morgan fingerprint density at radius 1 is 1.13 bits per heavy atom. The predicted molar refractivity (Wildman–Crippen MR) is 122 cm³/mol. The highest BCUT2D eigenvalue weighted by atomic mass is 35.5. The van der Waals surface area contributed by atoms with E-state index in [2.05, 4.69) is 33.3 Å². The smallest absolute Gasteiger partial charge is 0.197 e. The molecule has 0 saturated heterocycles. The number of unbranched alkanes of at least 4 members (excludes halogenated alkanes) is 2. The van der Waals surface area contributed by atoms with E-state index in [9.17, 15) is 4.79 Å². The number of hydrogen-bond acceptors (Lipinski definition) is 5. The molecule has 8 heteroatoms. The number of H-pyrrole nitrogens is 1. The molecule has 0 aliphatic carbocycles. The number of Topliss-reactive ketones (excluding diaryl/α,β-unsaturated/α-hetero) is 1. The number of benzene rings is 1. The molecule has 0 unspecified atom stereocenters. The number of nitrogens with zero attached hydrogens (tertiary/aromatic N) is 4. The molecule has 1 aromatic carbocycles. The average Bonchev–Trinajstić information content (AvgIpc) is 3.30. The summed E-state index contributed by atoms with van der Waals surface area (Å²) in [5.41, 5.74) is 10.7. The molecule has 0 amide bonds. The Bertz CT molecular complexity index is 974. The van der Waals surface area contributed by atoms with Gasteiger partial charge in [-0.2, -0.15) is 0 Å². The lowest BCUT2D eigenvalue weighted by Crippen LogP contribution is -2.00. The molecule has 2 heterocycles. The van der Waals surface area contributed by atoms with Gasteiger partial charge in [-0.15, -0.1) is 17.5 Å². The molecule has 0 atom stereocenters. The molecular formula is C22H29ClN6O. The third-order valence-corrected chi connectivity index (χ3v) is 4.75. The van der Waals surface area contributed by atoms with Crippen molar-refractivity contribution in [2.75, 3.05) is 5.73 Å². The lowest BCUT2D eigenvalue weighted by molar-refractivity contribution is 0.101. The number of halogens is 1. The van der Waals surface area contributed by atoms with Crippen molar-refractivity contribution in [1.29, 1.82) is 0 Å². The zero-order valence-corrected chi connectivity index (χ0v) is 18.3. The van der Waals surface area contributed by atoms with Gasteiger partial charge in [0.15, 0.2) is 11.7 Å². The second-order valence-electron chi connectivity index (χ2n) is 7.43. The summed E-state index contributed by atoms with van der Waals surface area (Å²) >= 11 is 0. The molecule has 7 nitrogen and oxygen atoms in total. The summed E-state index contributed by atoms with van der Waals surface area (Å²) in [4.78, 5) is 18.4.